The average Bonchev–Trinajstić information content (AvgIpc) is 2.75. The molecule has 0 aromatic heterocycles. The molecule has 2 N–H and O–H groups in total. The molecule has 7 heteroatoms. The fourth-order valence-electron chi connectivity index (χ4n) is 4.53. The van der Waals surface area contributed by atoms with Gasteiger partial charge in [0.25, 0.3) is 0 Å². The second-order valence-corrected chi connectivity index (χ2v) is 8.74. The summed E-state index contributed by atoms with van der Waals surface area (Å²) in [6, 6.07) is 8.72. The molecule has 30 heavy (non-hydrogen) atoms. The molecule has 2 aliphatic rings. The molecule has 1 aromatic rings. The maximum Gasteiger partial charge on any atom is 0.191 e. The van der Waals surface area contributed by atoms with Crippen LogP contribution in [0, 0.1) is 0 Å². The van der Waals surface area contributed by atoms with E-state index >= 15 is 0 Å². The summed E-state index contributed by atoms with van der Waals surface area (Å²) in [5, 5.41) is 7.98. The van der Waals surface area contributed by atoms with Crippen molar-refractivity contribution >= 4 is 41.5 Å². The fourth-order valence-corrected chi connectivity index (χ4v) is 4.86. The molecule has 0 saturated carbocycles. The van der Waals surface area contributed by atoms with Crippen molar-refractivity contribution in [3.05, 3.63) is 34.9 Å². The number of hydrogen-bond acceptors (Lipinski definition) is 3. The summed E-state index contributed by atoms with van der Waals surface area (Å²) < 4.78 is 5.66. The number of aliphatic imine (C=N–C) groups is 1. The molecule has 170 valence electrons. The summed E-state index contributed by atoms with van der Waals surface area (Å²) >= 11 is 6.59. The Morgan fingerprint density at radius 3 is 2.53 bits per heavy atom. The lowest BCUT2D eigenvalue weighted by Gasteiger charge is -2.37. The van der Waals surface area contributed by atoms with Crippen molar-refractivity contribution in [2.45, 2.75) is 57.4 Å². The second-order valence-electron chi connectivity index (χ2n) is 8.33. The topological polar surface area (TPSA) is 48.9 Å². The van der Waals surface area contributed by atoms with Crippen LogP contribution in [0.15, 0.2) is 29.3 Å². The summed E-state index contributed by atoms with van der Waals surface area (Å²) in [5.74, 6) is 0.930. The van der Waals surface area contributed by atoms with E-state index in [0.29, 0.717) is 6.04 Å². The van der Waals surface area contributed by atoms with Crippen molar-refractivity contribution in [2.24, 2.45) is 4.99 Å². The van der Waals surface area contributed by atoms with Crippen LogP contribution < -0.4 is 10.6 Å². The van der Waals surface area contributed by atoms with Gasteiger partial charge in [0.2, 0.25) is 0 Å². The monoisotopic (exact) mass is 548 g/mol. The van der Waals surface area contributed by atoms with Crippen LogP contribution in [0.25, 0.3) is 0 Å². The number of nitrogens with one attached hydrogen (secondary N) is 2. The van der Waals surface area contributed by atoms with Crippen molar-refractivity contribution in [1.29, 1.82) is 0 Å². The Kier molecular flexibility index (Phi) is 11.2. The highest BCUT2D eigenvalue weighted by Gasteiger charge is 2.36. The van der Waals surface area contributed by atoms with Gasteiger partial charge in [-0.3, -0.25) is 4.99 Å². The molecule has 0 atom stereocenters. The second kappa shape index (κ2) is 13.1. The van der Waals surface area contributed by atoms with Crippen LogP contribution in [-0.2, 0) is 10.2 Å². The Labute approximate surface area is 204 Å². The summed E-state index contributed by atoms with van der Waals surface area (Å²) in [4.78, 5) is 7.61. The van der Waals surface area contributed by atoms with Crippen molar-refractivity contribution < 1.29 is 4.74 Å². The minimum absolute atomic E-state index is 0. The zero-order chi connectivity index (χ0) is 20.5. The van der Waals surface area contributed by atoms with Gasteiger partial charge in [0.05, 0.1) is 6.54 Å². The Morgan fingerprint density at radius 1 is 1.20 bits per heavy atom. The number of benzene rings is 1. The van der Waals surface area contributed by atoms with Crippen LogP contribution in [0.4, 0.5) is 0 Å². The third kappa shape index (κ3) is 6.97. The highest BCUT2D eigenvalue weighted by atomic mass is 127. The molecule has 0 radical (unpaired) electrons. The molecule has 5 nitrogen and oxygen atoms in total. The van der Waals surface area contributed by atoms with Gasteiger partial charge in [-0.15, -0.1) is 24.0 Å². The zero-order valence-corrected chi connectivity index (χ0v) is 21.5. The van der Waals surface area contributed by atoms with E-state index in [0.717, 1.165) is 50.1 Å². The Bertz CT molecular complexity index is 658. The van der Waals surface area contributed by atoms with Gasteiger partial charge in [-0.1, -0.05) is 36.7 Å². The highest BCUT2D eigenvalue weighted by Crippen LogP contribution is 2.38. The van der Waals surface area contributed by atoms with Crippen LogP contribution in [-0.4, -0.2) is 62.8 Å². The Hall–Kier alpha value is -0.570. The minimum atomic E-state index is -0.0521. The third-order valence-corrected chi connectivity index (χ3v) is 6.58. The quantitative estimate of drug-likeness (QED) is 0.301. The minimum Gasteiger partial charge on any atom is -0.381 e. The molecule has 0 spiro atoms. The fraction of sp³-hybridized carbons (Fsp3) is 0.696. The lowest BCUT2D eigenvalue weighted by Crippen LogP contribution is -2.49. The summed E-state index contributed by atoms with van der Waals surface area (Å²) in [6.45, 7) is 11.1. The van der Waals surface area contributed by atoms with E-state index in [1.807, 2.05) is 12.1 Å². The SMILES string of the molecule is CCCN1CCC(NC(=NCC2(c3ccccc3Cl)CCOCC2)NCC)CC1.I. The van der Waals surface area contributed by atoms with E-state index in [-0.39, 0.29) is 29.4 Å². The van der Waals surface area contributed by atoms with Crippen molar-refractivity contribution in [3.8, 4) is 0 Å². The predicted octanol–water partition coefficient (Wildman–Crippen LogP) is 4.44. The number of guanidine groups is 1. The van der Waals surface area contributed by atoms with Crippen LogP contribution in [0.5, 0.6) is 0 Å². The maximum absolute atomic E-state index is 6.59. The lowest BCUT2D eigenvalue weighted by molar-refractivity contribution is 0.0531. The van der Waals surface area contributed by atoms with E-state index in [4.69, 9.17) is 21.3 Å². The van der Waals surface area contributed by atoms with Crippen molar-refractivity contribution in [2.75, 3.05) is 45.9 Å². The Balaban J connectivity index is 0.00000320. The van der Waals surface area contributed by atoms with Crippen molar-refractivity contribution in [1.82, 2.24) is 15.5 Å². The van der Waals surface area contributed by atoms with Crippen LogP contribution in [0.1, 0.15) is 51.5 Å². The number of likely N-dealkylation sites (tertiary alicyclic amines) is 1. The first-order valence-electron chi connectivity index (χ1n) is 11.3. The first kappa shape index (κ1) is 25.7. The third-order valence-electron chi connectivity index (χ3n) is 6.25. The summed E-state index contributed by atoms with van der Waals surface area (Å²) in [5.41, 5.74) is 1.15. The Morgan fingerprint density at radius 2 is 1.90 bits per heavy atom. The highest BCUT2D eigenvalue weighted by molar-refractivity contribution is 14.0. The van der Waals surface area contributed by atoms with Crippen LogP contribution in [0.3, 0.4) is 0 Å². The zero-order valence-electron chi connectivity index (χ0n) is 18.5. The largest absolute Gasteiger partial charge is 0.381 e. The smallest absolute Gasteiger partial charge is 0.191 e. The predicted molar refractivity (Wildman–Crippen MR) is 137 cm³/mol. The molecule has 1 aromatic carbocycles. The molecule has 2 aliphatic heterocycles. The van der Waals surface area contributed by atoms with E-state index in [1.165, 1.54) is 44.5 Å². The van der Waals surface area contributed by atoms with E-state index in [2.05, 4.69) is 41.5 Å². The summed E-state index contributed by atoms with van der Waals surface area (Å²) in [6.07, 6.45) is 5.49. The molecule has 0 amide bonds. The number of hydrogen-bond donors (Lipinski definition) is 2. The molecular formula is C23H38ClIN4O. The van der Waals surface area contributed by atoms with Gasteiger partial charge in [0.1, 0.15) is 0 Å². The molecular weight excluding hydrogens is 511 g/mol. The number of nitrogens with zero attached hydrogens (tertiary/aromatic N) is 2. The molecule has 0 bridgehead atoms. The van der Waals surface area contributed by atoms with E-state index < -0.39 is 0 Å². The average molecular weight is 549 g/mol. The first-order chi connectivity index (χ1) is 14.2. The molecule has 3 rings (SSSR count). The maximum atomic E-state index is 6.59. The van der Waals surface area contributed by atoms with E-state index in [1.54, 1.807) is 0 Å². The molecule has 2 fully saturated rings. The van der Waals surface area contributed by atoms with Gasteiger partial charge in [-0.25, -0.2) is 0 Å². The van der Waals surface area contributed by atoms with E-state index in [9.17, 15) is 0 Å². The van der Waals surface area contributed by atoms with Crippen LogP contribution in [0.2, 0.25) is 5.02 Å². The van der Waals surface area contributed by atoms with Crippen molar-refractivity contribution in [3.63, 3.8) is 0 Å². The molecule has 2 saturated heterocycles. The molecule has 2 heterocycles. The van der Waals surface area contributed by atoms with Gasteiger partial charge in [0.15, 0.2) is 5.96 Å². The first-order valence-corrected chi connectivity index (χ1v) is 11.6. The van der Waals surface area contributed by atoms with Crippen LogP contribution >= 0.6 is 35.6 Å². The lowest BCUT2D eigenvalue weighted by atomic mass is 9.74. The number of ether oxygens (including phenoxy) is 1. The van der Waals surface area contributed by atoms with Gasteiger partial charge in [-0.2, -0.15) is 0 Å². The normalized spacial score (nSPS) is 20.4. The number of piperidine rings is 1. The van der Waals surface area contributed by atoms with Gasteiger partial charge in [-0.05, 0) is 57.2 Å². The van der Waals surface area contributed by atoms with Gasteiger partial charge in [0, 0.05) is 49.3 Å². The standard InChI is InChI=1S/C23H37ClN4O.HI/c1-3-13-28-14-9-19(10-15-28)27-22(25-4-2)26-18-23(11-16-29-17-12-23)20-7-5-6-8-21(20)24;/h5-8,19H,3-4,9-18H2,1-2H3,(H2,25,26,27);1H. The number of halogens is 2. The molecule has 0 unspecified atom stereocenters. The molecule has 0 aliphatic carbocycles. The summed E-state index contributed by atoms with van der Waals surface area (Å²) in [7, 11) is 0. The van der Waals surface area contributed by atoms with Gasteiger partial charge < -0.3 is 20.3 Å². The number of rotatable bonds is 7. The van der Waals surface area contributed by atoms with Gasteiger partial charge >= 0.3 is 0 Å².